The highest BCUT2D eigenvalue weighted by atomic mass is 32.1. The Bertz CT molecular complexity index is 3190. The molecule has 0 aliphatic heterocycles. The maximum Gasteiger partial charge on any atom is 0.0640 e. The van der Waals surface area contributed by atoms with Crippen LogP contribution in [0.1, 0.15) is 0 Å². The number of rotatable bonds is 4. The minimum absolute atomic E-state index is 1.13. The fourth-order valence-corrected chi connectivity index (χ4v) is 9.57. The van der Waals surface area contributed by atoms with Gasteiger partial charge in [-0.05, 0) is 101 Å². The van der Waals surface area contributed by atoms with Gasteiger partial charge in [-0.25, -0.2) is 0 Å². The van der Waals surface area contributed by atoms with Crippen LogP contribution in [0.4, 0.5) is 17.1 Å². The second-order valence-corrected chi connectivity index (χ2v) is 14.7. The Labute approximate surface area is 305 Å². The maximum atomic E-state index is 2.46. The van der Waals surface area contributed by atoms with Gasteiger partial charge >= 0.3 is 0 Å². The smallest absolute Gasteiger partial charge is 0.0640 e. The summed E-state index contributed by atoms with van der Waals surface area (Å²) in [6.07, 6.45) is 0. The summed E-state index contributed by atoms with van der Waals surface area (Å²) in [6, 6.07) is 69.3. The van der Waals surface area contributed by atoms with Crippen LogP contribution >= 0.6 is 11.3 Å². The fraction of sp³-hybridized carbons (Fsp3) is 0. The van der Waals surface area contributed by atoms with Gasteiger partial charge in [0.25, 0.3) is 0 Å². The quantitative estimate of drug-likeness (QED) is 0.168. The van der Waals surface area contributed by atoms with Gasteiger partial charge in [0.2, 0.25) is 0 Å². The number of hydrogen-bond acceptors (Lipinski definition) is 2. The van der Waals surface area contributed by atoms with Crippen molar-refractivity contribution < 1.29 is 0 Å². The maximum absolute atomic E-state index is 2.46. The molecule has 1 nitrogen and oxygen atoms in total. The van der Waals surface area contributed by atoms with Crippen molar-refractivity contribution in [2.24, 2.45) is 0 Å². The number of thiophene rings is 1. The van der Waals surface area contributed by atoms with Crippen molar-refractivity contribution in [3.8, 4) is 11.1 Å². The van der Waals surface area contributed by atoms with Crippen LogP contribution in [0.3, 0.4) is 0 Å². The monoisotopic (exact) mass is 677 g/mol. The Hall–Kier alpha value is -6.48. The number of fused-ring (bicyclic) bond motifs is 11. The van der Waals surface area contributed by atoms with Crippen LogP contribution in [0.2, 0.25) is 0 Å². The standard InChI is InChI=1S/C50H31NS/c1-4-11-41-33(8-1)16-18-36-20-21-38(30-46(36)41)32-22-26-39(27-23-32)51(40-28-24-37-19-17-34-9-2-5-12-42(34)47(37)31-40)48-15-7-14-44-45-29-25-35-10-3-6-13-43(35)49(45)52-50(44)48/h1-31H. The van der Waals surface area contributed by atoms with Crippen molar-refractivity contribution in [3.05, 3.63) is 188 Å². The van der Waals surface area contributed by atoms with Gasteiger partial charge < -0.3 is 4.90 Å². The van der Waals surface area contributed by atoms with Gasteiger partial charge in [-0.2, -0.15) is 0 Å². The molecule has 11 aromatic rings. The molecule has 0 amide bonds. The molecule has 1 aromatic heterocycles. The predicted molar refractivity (Wildman–Crippen MR) is 227 cm³/mol. The molecule has 0 unspecified atom stereocenters. The lowest BCUT2D eigenvalue weighted by Gasteiger charge is -2.27. The lowest BCUT2D eigenvalue weighted by atomic mass is 9.97. The first-order valence-electron chi connectivity index (χ1n) is 17.8. The number of hydrogen-bond donors (Lipinski definition) is 0. The van der Waals surface area contributed by atoms with Crippen molar-refractivity contribution >= 4 is 102 Å². The van der Waals surface area contributed by atoms with Gasteiger partial charge in [-0.15, -0.1) is 11.3 Å². The second kappa shape index (κ2) is 11.5. The molecule has 0 aliphatic carbocycles. The molecule has 0 atom stereocenters. The zero-order valence-electron chi connectivity index (χ0n) is 28.3. The van der Waals surface area contributed by atoms with E-state index in [-0.39, 0.29) is 0 Å². The van der Waals surface area contributed by atoms with Gasteiger partial charge in [0.05, 0.1) is 10.4 Å². The molecule has 11 rings (SSSR count). The largest absolute Gasteiger partial charge is 0.309 e. The van der Waals surface area contributed by atoms with Crippen LogP contribution in [0.5, 0.6) is 0 Å². The second-order valence-electron chi connectivity index (χ2n) is 13.7. The molecule has 0 N–H and O–H groups in total. The number of benzene rings is 10. The first-order valence-corrected chi connectivity index (χ1v) is 18.7. The number of nitrogens with zero attached hydrogens (tertiary/aromatic N) is 1. The lowest BCUT2D eigenvalue weighted by Crippen LogP contribution is -2.10. The molecule has 52 heavy (non-hydrogen) atoms. The lowest BCUT2D eigenvalue weighted by molar-refractivity contribution is 1.31. The summed E-state index contributed by atoms with van der Waals surface area (Å²) in [5, 5.41) is 15.3. The van der Waals surface area contributed by atoms with E-state index in [1.54, 1.807) is 0 Å². The molecule has 2 heteroatoms. The summed E-state index contributed by atoms with van der Waals surface area (Å²) in [5.41, 5.74) is 5.88. The molecule has 0 fully saturated rings. The summed E-state index contributed by atoms with van der Waals surface area (Å²) < 4.78 is 2.63. The zero-order valence-corrected chi connectivity index (χ0v) is 29.1. The van der Waals surface area contributed by atoms with E-state index in [0.717, 1.165) is 11.4 Å². The van der Waals surface area contributed by atoms with Crippen LogP contribution in [0, 0.1) is 0 Å². The van der Waals surface area contributed by atoms with E-state index in [2.05, 4.69) is 193 Å². The van der Waals surface area contributed by atoms with Crippen LogP contribution in [0.15, 0.2) is 188 Å². The van der Waals surface area contributed by atoms with Crippen LogP contribution < -0.4 is 4.90 Å². The Kier molecular flexibility index (Phi) is 6.49. The fourth-order valence-electron chi connectivity index (χ4n) is 8.23. The van der Waals surface area contributed by atoms with Gasteiger partial charge in [-0.3, -0.25) is 0 Å². The molecule has 0 bridgehead atoms. The normalized spacial score (nSPS) is 11.8. The van der Waals surface area contributed by atoms with E-state index < -0.39 is 0 Å². The SMILES string of the molecule is c1ccc2c(c1)ccc1ccc(-c3ccc(N(c4ccc5ccc6ccccc6c5c4)c4cccc5c4sc4c6ccccc6ccc54)cc3)cc12. The molecule has 0 saturated carbocycles. The van der Waals surface area contributed by atoms with Crippen molar-refractivity contribution in [2.75, 3.05) is 4.90 Å². The van der Waals surface area contributed by atoms with Crippen molar-refractivity contribution in [1.29, 1.82) is 0 Å². The molecule has 0 aliphatic rings. The summed E-state index contributed by atoms with van der Waals surface area (Å²) >= 11 is 1.90. The van der Waals surface area contributed by atoms with E-state index in [0.29, 0.717) is 0 Å². The highest BCUT2D eigenvalue weighted by Crippen LogP contribution is 2.47. The molecule has 242 valence electrons. The first kappa shape index (κ1) is 29.3. The van der Waals surface area contributed by atoms with E-state index in [4.69, 9.17) is 0 Å². The zero-order chi connectivity index (χ0) is 34.2. The predicted octanol–water partition coefficient (Wildman–Crippen LogP) is 15.0. The van der Waals surface area contributed by atoms with Gasteiger partial charge in [0.15, 0.2) is 0 Å². The van der Waals surface area contributed by atoms with Crippen molar-refractivity contribution in [3.63, 3.8) is 0 Å². The van der Waals surface area contributed by atoms with Gasteiger partial charge in [-0.1, -0.05) is 152 Å². The van der Waals surface area contributed by atoms with E-state index >= 15 is 0 Å². The minimum Gasteiger partial charge on any atom is -0.309 e. The highest BCUT2D eigenvalue weighted by molar-refractivity contribution is 7.27. The third-order valence-corrected chi connectivity index (χ3v) is 12.1. The van der Waals surface area contributed by atoms with Crippen LogP contribution in [-0.2, 0) is 0 Å². The molecule has 10 aromatic carbocycles. The average molecular weight is 678 g/mol. The molecule has 0 spiro atoms. The summed E-state index contributed by atoms with van der Waals surface area (Å²) in [7, 11) is 0. The number of anilines is 3. The third kappa shape index (κ3) is 4.55. The van der Waals surface area contributed by atoms with Crippen molar-refractivity contribution in [1.82, 2.24) is 0 Å². The van der Waals surface area contributed by atoms with E-state index in [1.165, 1.54) is 90.8 Å². The van der Waals surface area contributed by atoms with Crippen LogP contribution in [0.25, 0.3) is 85.2 Å². The summed E-state index contributed by atoms with van der Waals surface area (Å²) in [4.78, 5) is 2.46. The van der Waals surface area contributed by atoms with E-state index in [1.807, 2.05) is 11.3 Å². The Morgan fingerprint density at radius 3 is 1.48 bits per heavy atom. The molecular formula is C50H31NS. The molecule has 1 heterocycles. The Morgan fingerprint density at radius 1 is 0.288 bits per heavy atom. The first-order chi connectivity index (χ1) is 25.8. The summed E-state index contributed by atoms with van der Waals surface area (Å²) in [5.74, 6) is 0. The average Bonchev–Trinajstić information content (AvgIpc) is 3.61. The molecule has 0 radical (unpaired) electrons. The summed E-state index contributed by atoms with van der Waals surface area (Å²) in [6.45, 7) is 0. The Morgan fingerprint density at radius 2 is 0.769 bits per heavy atom. The van der Waals surface area contributed by atoms with Gasteiger partial charge in [0, 0.05) is 26.8 Å². The third-order valence-electron chi connectivity index (χ3n) is 10.8. The van der Waals surface area contributed by atoms with Gasteiger partial charge in [0.1, 0.15) is 0 Å². The molecule has 0 saturated heterocycles. The van der Waals surface area contributed by atoms with E-state index in [9.17, 15) is 0 Å². The molecular weight excluding hydrogens is 647 g/mol. The van der Waals surface area contributed by atoms with Crippen LogP contribution in [-0.4, -0.2) is 0 Å². The Balaban J connectivity index is 1.12. The highest BCUT2D eigenvalue weighted by Gasteiger charge is 2.20. The minimum atomic E-state index is 1.13. The topological polar surface area (TPSA) is 3.24 Å². The van der Waals surface area contributed by atoms with Crippen molar-refractivity contribution in [2.45, 2.75) is 0 Å².